The fraction of sp³-hybridized carbons (Fsp3) is 0.263. The Balaban J connectivity index is 1.89. The van der Waals surface area contributed by atoms with Crippen molar-refractivity contribution in [3.63, 3.8) is 0 Å². The molecule has 2 aromatic carbocycles. The van der Waals surface area contributed by atoms with E-state index in [1.807, 2.05) is 24.3 Å². The summed E-state index contributed by atoms with van der Waals surface area (Å²) in [5.74, 6) is 0.411. The van der Waals surface area contributed by atoms with E-state index in [0.717, 1.165) is 18.4 Å². The van der Waals surface area contributed by atoms with Crippen LogP contribution >= 0.6 is 0 Å². The van der Waals surface area contributed by atoms with E-state index in [0.29, 0.717) is 17.9 Å². The lowest BCUT2D eigenvalue weighted by atomic mass is 10.1. The van der Waals surface area contributed by atoms with Crippen LogP contribution in [0.25, 0.3) is 0 Å². The maximum Gasteiger partial charge on any atom is 0.269 e. The lowest BCUT2D eigenvalue weighted by Crippen LogP contribution is -2.19. The first-order valence-electron chi connectivity index (χ1n) is 8.37. The fourth-order valence-corrected chi connectivity index (χ4v) is 2.18. The normalized spacial score (nSPS) is 10.7. The molecular formula is C19H21N3O4. The Labute approximate surface area is 151 Å². The second kappa shape index (κ2) is 9.93. The first-order valence-corrected chi connectivity index (χ1v) is 8.37. The molecule has 0 aliphatic rings. The van der Waals surface area contributed by atoms with Gasteiger partial charge in [0.15, 0.2) is 0 Å². The van der Waals surface area contributed by atoms with Gasteiger partial charge in [-0.15, -0.1) is 0 Å². The number of unbranched alkanes of at least 4 members (excludes halogenated alkanes) is 1. The monoisotopic (exact) mass is 355 g/mol. The van der Waals surface area contributed by atoms with Crippen LogP contribution in [0.3, 0.4) is 0 Å². The predicted octanol–water partition coefficient (Wildman–Crippen LogP) is 3.47. The first-order chi connectivity index (χ1) is 12.6. The Kier molecular flexibility index (Phi) is 7.30. The number of hydrogen-bond donors (Lipinski definition) is 1. The van der Waals surface area contributed by atoms with Gasteiger partial charge in [0.2, 0.25) is 5.91 Å². The third-order valence-corrected chi connectivity index (χ3v) is 3.58. The van der Waals surface area contributed by atoms with E-state index in [4.69, 9.17) is 4.74 Å². The Hall–Kier alpha value is -3.22. The molecule has 0 unspecified atom stereocenters. The SMILES string of the molecule is CCCCOc1ccccc1C=NNC(=O)Cc1ccc([N+](=O)[O-])cc1. The molecule has 0 saturated carbocycles. The van der Waals surface area contributed by atoms with E-state index in [1.165, 1.54) is 18.3 Å². The Morgan fingerprint density at radius 3 is 2.65 bits per heavy atom. The van der Waals surface area contributed by atoms with Crippen molar-refractivity contribution < 1.29 is 14.5 Å². The quantitative estimate of drug-likeness (QED) is 0.322. The molecule has 7 nitrogen and oxygen atoms in total. The molecule has 136 valence electrons. The van der Waals surface area contributed by atoms with Gasteiger partial charge < -0.3 is 4.74 Å². The minimum absolute atomic E-state index is 0.00754. The van der Waals surface area contributed by atoms with E-state index < -0.39 is 4.92 Å². The van der Waals surface area contributed by atoms with E-state index in [-0.39, 0.29) is 18.0 Å². The lowest BCUT2D eigenvalue weighted by Gasteiger charge is -2.08. The van der Waals surface area contributed by atoms with Crippen molar-refractivity contribution >= 4 is 17.8 Å². The van der Waals surface area contributed by atoms with Crippen LogP contribution in [0.4, 0.5) is 5.69 Å². The van der Waals surface area contributed by atoms with Gasteiger partial charge in [0, 0.05) is 17.7 Å². The summed E-state index contributed by atoms with van der Waals surface area (Å²) < 4.78 is 5.70. The van der Waals surface area contributed by atoms with Crippen molar-refractivity contribution in [3.05, 3.63) is 69.8 Å². The summed E-state index contributed by atoms with van der Waals surface area (Å²) in [6, 6.07) is 13.3. The number of nitro benzene ring substituents is 1. The number of carbonyl (C=O) groups is 1. The summed E-state index contributed by atoms with van der Waals surface area (Å²) >= 11 is 0. The molecule has 0 atom stereocenters. The number of hydrogen-bond acceptors (Lipinski definition) is 5. The maximum atomic E-state index is 11.9. The minimum Gasteiger partial charge on any atom is -0.493 e. The van der Waals surface area contributed by atoms with Crippen molar-refractivity contribution in [3.8, 4) is 5.75 Å². The van der Waals surface area contributed by atoms with E-state index in [9.17, 15) is 14.9 Å². The molecule has 0 saturated heterocycles. The maximum absolute atomic E-state index is 11.9. The third-order valence-electron chi connectivity index (χ3n) is 3.58. The van der Waals surface area contributed by atoms with Crippen molar-refractivity contribution in [1.29, 1.82) is 0 Å². The molecule has 0 spiro atoms. The van der Waals surface area contributed by atoms with Crippen LogP contribution in [-0.2, 0) is 11.2 Å². The van der Waals surface area contributed by atoms with Crippen LogP contribution in [0.15, 0.2) is 53.6 Å². The zero-order chi connectivity index (χ0) is 18.8. The molecule has 0 fully saturated rings. The second-order valence-corrected chi connectivity index (χ2v) is 5.63. The standard InChI is InChI=1S/C19H21N3O4/c1-2-3-12-26-18-7-5-4-6-16(18)14-20-21-19(23)13-15-8-10-17(11-9-15)22(24)25/h4-11,14H,2-3,12-13H2,1H3,(H,21,23). The zero-order valence-electron chi connectivity index (χ0n) is 14.6. The molecular weight excluding hydrogens is 334 g/mol. The number of para-hydroxylation sites is 1. The molecule has 0 bridgehead atoms. The number of rotatable bonds is 9. The number of nitro groups is 1. The van der Waals surface area contributed by atoms with Gasteiger partial charge in [-0.1, -0.05) is 37.6 Å². The summed E-state index contributed by atoms with van der Waals surface area (Å²) in [6.07, 6.45) is 3.64. The van der Waals surface area contributed by atoms with Crippen molar-refractivity contribution in [2.24, 2.45) is 5.10 Å². The fourth-order valence-electron chi connectivity index (χ4n) is 2.18. The Morgan fingerprint density at radius 2 is 1.96 bits per heavy atom. The average Bonchev–Trinajstić information content (AvgIpc) is 2.63. The molecule has 0 heterocycles. The number of carbonyl (C=O) groups excluding carboxylic acids is 1. The van der Waals surface area contributed by atoms with Gasteiger partial charge in [0.1, 0.15) is 5.75 Å². The summed E-state index contributed by atoms with van der Waals surface area (Å²) in [4.78, 5) is 22.1. The topological polar surface area (TPSA) is 93.8 Å². The molecule has 2 rings (SSSR count). The molecule has 1 N–H and O–H groups in total. The number of nitrogens with zero attached hydrogens (tertiary/aromatic N) is 2. The van der Waals surface area contributed by atoms with Crippen molar-refractivity contribution in [2.45, 2.75) is 26.2 Å². The summed E-state index contributed by atoms with van der Waals surface area (Å²) in [6.45, 7) is 2.73. The van der Waals surface area contributed by atoms with E-state index in [1.54, 1.807) is 12.1 Å². The van der Waals surface area contributed by atoms with Crippen LogP contribution < -0.4 is 10.2 Å². The van der Waals surface area contributed by atoms with Gasteiger partial charge >= 0.3 is 0 Å². The number of non-ortho nitro benzene ring substituents is 1. The van der Waals surface area contributed by atoms with Crippen LogP contribution in [0.5, 0.6) is 5.75 Å². The number of nitrogens with one attached hydrogen (secondary N) is 1. The molecule has 0 aliphatic heterocycles. The molecule has 1 amide bonds. The predicted molar refractivity (Wildman–Crippen MR) is 99.4 cm³/mol. The molecule has 0 aliphatic carbocycles. The van der Waals surface area contributed by atoms with Gasteiger partial charge in [-0.25, -0.2) is 5.43 Å². The molecule has 7 heteroatoms. The highest BCUT2D eigenvalue weighted by molar-refractivity contribution is 5.85. The van der Waals surface area contributed by atoms with Crippen molar-refractivity contribution in [1.82, 2.24) is 5.43 Å². The molecule has 2 aromatic rings. The second-order valence-electron chi connectivity index (χ2n) is 5.63. The van der Waals surface area contributed by atoms with E-state index >= 15 is 0 Å². The van der Waals surface area contributed by atoms with Gasteiger partial charge in [-0.3, -0.25) is 14.9 Å². The lowest BCUT2D eigenvalue weighted by molar-refractivity contribution is -0.384. The Bertz CT molecular complexity index is 773. The van der Waals surface area contributed by atoms with Crippen LogP contribution in [0.2, 0.25) is 0 Å². The highest BCUT2D eigenvalue weighted by atomic mass is 16.6. The number of amides is 1. The average molecular weight is 355 g/mol. The van der Waals surface area contributed by atoms with E-state index in [2.05, 4.69) is 17.5 Å². The summed E-state index contributed by atoms with van der Waals surface area (Å²) in [7, 11) is 0. The van der Waals surface area contributed by atoms with Crippen LogP contribution in [0.1, 0.15) is 30.9 Å². The van der Waals surface area contributed by atoms with Gasteiger partial charge in [0.25, 0.3) is 5.69 Å². The largest absolute Gasteiger partial charge is 0.493 e. The highest BCUT2D eigenvalue weighted by Crippen LogP contribution is 2.16. The first kappa shape index (κ1) is 19.1. The minimum atomic E-state index is -0.478. The van der Waals surface area contributed by atoms with Gasteiger partial charge in [-0.05, 0) is 24.1 Å². The summed E-state index contributed by atoms with van der Waals surface area (Å²) in [5.41, 5.74) is 3.89. The number of hydrazone groups is 1. The van der Waals surface area contributed by atoms with Gasteiger partial charge in [-0.2, -0.15) is 5.10 Å². The Morgan fingerprint density at radius 1 is 1.23 bits per heavy atom. The van der Waals surface area contributed by atoms with Gasteiger partial charge in [0.05, 0.1) is 24.2 Å². The summed E-state index contributed by atoms with van der Waals surface area (Å²) in [5, 5.41) is 14.6. The molecule has 0 radical (unpaired) electrons. The smallest absolute Gasteiger partial charge is 0.269 e. The number of ether oxygens (including phenoxy) is 1. The molecule has 0 aromatic heterocycles. The highest BCUT2D eigenvalue weighted by Gasteiger charge is 2.07. The third kappa shape index (κ3) is 6.01. The zero-order valence-corrected chi connectivity index (χ0v) is 14.6. The van der Waals surface area contributed by atoms with Crippen LogP contribution in [0, 0.1) is 10.1 Å². The molecule has 26 heavy (non-hydrogen) atoms. The van der Waals surface area contributed by atoms with Crippen molar-refractivity contribution in [2.75, 3.05) is 6.61 Å². The van der Waals surface area contributed by atoms with Crippen LogP contribution in [-0.4, -0.2) is 23.7 Å². The number of benzene rings is 2.